The smallest absolute Gasteiger partial charge is 0.259 e. The number of nitrogens with one attached hydrogen (secondary N) is 1. The Labute approximate surface area is 234 Å². The summed E-state index contributed by atoms with van der Waals surface area (Å²) in [4.78, 5) is 29.0. The van der Waals surface area contributed by atoms with E-state index in [0.29, 0.717) is 51.1 Å². The van der Waals surface area contributed by atoms with E-state index in [1.807, 2.05) is 18.2 Å². The van der Waals surface area contributed by atoms with Gasteiger partial charge in [-0.3, -0.25) is 9.59 Å². The number of anilines is 1. The third-order valence-electron chi connectivity index (χ3n) is 6.71. The molecule has 0 bridgehead atoms. The first-order chi connectivity index (χ1) is 19.4. The summed E-state index contributed by atoms with van der Waals surface area (Å²) < 4.78 is 38.8. The van der Waals surface area contributed by atoms with Crippen LogP contribution in [0.25, 0.3) is 0 Å². The van der Waals surface area contributed by atoms with E-state index in [9.17, 15) is 18.2 Å². The maximum absolute atomic E-state index is 14.6. The summed E-state index contributed by atoms with van der Waals surface area (Å²) in [5, 5.41) is 2.90. The fraction of sp³-hybridized carbons (Fsp3) is 0.161. The van der Waals surface area contributed by atoms with Gasteiger partial charge in [-0.2, -0.15) is 0 Å². The Hall–Kier alpha value is -4.50. The second-order valence-corrected chi connectivity index (χ2v) is 10.5. The van der Waals surface area contributed by atoms with E-state index >= 15 is 0 Å². The molecule has 0 aliphatic carbocycles. The molecule has 0 saturated heterocycles. The fourth-order valence-electron chi connectivity index (χ4n) is 4.62. The van der Waals surface area contributed by atoms with Crippen LogP contribution in [-0.4, -0.2) is 36.8 Å². The molecule has 0 saturated carbocycles. The molecule has 9 heteroatoms. The molecule has 2 amide bonds. The van der Waals surface area contributed by atoms with E-state index in [1.54, 1.807) is 74.9 Å². The van der Waals surface area contributed by atoms with Crippen LogP contribution in [0.15, 0.2) is 94.7 Å². The third kappa shape index (κ3) is 5.33. The molecule has 40 heavy (non-hydrogen) atoms. The van der Waals surface area contributed by atoms with Crippen LogP contribution in [0.3, 0.4) is 0 Å². The first-order valence-electron chi connectivity index (χ1n) is 12.6. The zero-order valence-corrected chi connectivity index (χ0v) is 22.8. The Morgan fingerprint density at radius 1 is 0.900 bits per heavy atom. The monoisotopic (exact) mass is 558 g/mol. The van der Waals surface area contributed by atoms with Crippen molar-refractivity contribution in [2.24, 2.45) is 0 Å². The number of amides is 2. The maximum atomic E-state index is 14.6. The molecule has 4 aromatic rings. The Bertz CT molecular complexity index is 1620. The van der Waals surface area contributed by atoms with Crippen molar-refractivity contribution >= 4 is 28.3 Å². The van der Waals surface area contributed by atoms with Gasteiger partial charge in [-0.25, -0.2) is 8.60 Å². The number of rotatable bonds is 8. The van der Waals surface area contributed by atoms with Gasteiger partial charge in [-0.1, -0.05) is 36.4 Å². The van der Waals surface area contributed by atoms with Crippen LogP contribution >= 0.6 is 0 Å². The van der Waals surface area contributed by atoms with Crippen molar-refractivity contribution in [1.82, 2.24) is 5.32 Å². The molecule has 1 aliphatic rings. The lowest BCUT2D eigenvalue weighted by atomic mass is 10.1. The molecule has 0 radical (unpaired) electrons. The number of halogens is 1. The predicted molar refractivity (Wildman–Crippen MR) is 150 cm³/mol. The van der Waals surface area contributed by atoms with Crippen LogP contribution in [0, 0.1) is 5.82 Å². The summed E-state index contributed by atoms with van der Waals surface area (Å²) in [6, 6.07) is 23.1. The second-order valence-electron chi connectivity index (χ2n) is 9.13. The van der Waals surface area contributed by atoms with Crippen LogP contribution < -0.4 is 19.7 Å². The van der Waals surface area contributed by atoms with Gasteiger partial charge < -0.3 is 19.7 Å². The quantitative estimate of drug-likeness (QED) is 0.324. The second kappa shape index (κ2) is 11.7. The van der Waals surface area contributed by atoms with Crippen LogP contribution in [0.1, 0.15) is 31.8 Å². The van der Waals surface area contributed by atoms with Gasteiger partial charge in [0.05, 0.1) is 52.6 Å². The highest BCUT2D eigenvalue weighted by Gasteiger charge is 2.32. The summed E-state index contributed by atoms with van der Waals surface area (Å²) in [5.74, 6) is -0.00869. The fourth-order valence-corrected chi connectivity index (χ4v) is 5.96. The highest BCUT2D eigenvalue weighted by Crippen LogP contribution is 2.36. The molecule has 1 atom stereocenters. The number of methoxy groups -OCH3 is 2. The van der Waals surface area contributed by atoms with Crippen LogP contribution in [-0.2, 0) is 23.8 Å². The van der Waals surface area contributed by atoms with E-state index in [2.05, 4.69) is 5.32 Å². The lowest BCUT2D eigenvalue weighted by Crippen LogP contribution is -2.31. The van der Waals surface area contributed by atoms with E-state index in [0.717, 1.165) is 5.56 Å². The van der Waals surface area contributed by atoms with E-state index in [-0.39, 0.29) is 18.0 Å². The molecule has 1 N–H and O–H groups in total. The summed E-state index contributed by atoms with van der Waals surface area (Å²) >= 11 is 0. The SMILES string of the molecule is COc1ccc(CCNC(=O)c2ccc3c(c2)N(Cc2ccccc2F)C(=O)c2ccccc2[S@]3=O)cc1OC. The standard InChI is InChI=1S/C31H27FN2O5S/c1-38-26-13-11-20(17-27(26)39-2)15-16-33-30(35)21-12-14-29-25(18-21)34(19-22-7-3-5-9-24(22)32)31(36)23-8-4-6-10-28(23)40(29)37/h3-14,17-18H,15-16,19H2,1-2H3,(H,33,35)/t40-/m1/s1. The highest BCUT2D eigenvalue weighted by molar-refractivity contribution is 7.85. The summed E-state index contributed by atoms with van der Waals surface area (Å²) in [6.07, 6.45) is 0.550. The summed E-state index contributed by atoms with van der Waals surface area (Å²) in [6.45, 7) is 0.259. The number of carbonyl (C=O) groups is 2. The molecule has 4 aromatic carbocycles. The molecular weight excluding hydrogens is 531 g/mol. The minimum Gasteiger partial charge on any atom is -0.493 e. The normalized spacial score (nSPS) is 14.1. The number of ether oxygens (including phenoxy) is 2. The van der Waals surface area contributed by atoms with Gasteiger partial charge in [0.25, 0.3) is 11.8 Å². The van der Waals surface area contributed by atoms with Crippen molar-refractivity contribution in [3.05, 3.63) is 113 Å². The first kappa shape index (κ1) is 27.1. The molecule has 1 heterocycles. The van der Waals surface area contributed by atoms with Gasteiger partial charge >= 0.3 is 0 Å². The molecule has 7 nitrogen and oxygen atoms in total. The average molecular weight is 559 g/mol. The topological polar surface area (TPSA) is 84.9 Å². The maximum Gasteiger partial charge on any atom is 0.259 e. The predicted octanol–water partition coefficient (Wildman–Crippen LogP) is 5.14. The van der Waals surface area contributed by atoms with Crippen molar-refractivity contribution in [3.8, 4) is 11.5 Å². The van der Waals surface area contributed by atoms with Crippen molar-refractivity contribution in [1.29, 1.82) is 0 Å². The lowest BCUT2D eigenvalue weighted by molar-refractivity contribution is 0.0950. The molecule has 204 valence electrons. The number of carbonyl (C=O) groups excluding carboxylic acids is 2. The summed E-state index contributed by atoms with van der Waals surface area (Å²) in [5.41, 5.74) is 2.12. The van der Waals surface area contributed by atoms with E-state index in [4.69, 9.17) is 9.47 Å². The number of hydrogen-bond acceptors (Lipinski definition) is 5. The molecule has 0 spiro atoms. The zero-order chi connectivity index (χ0) is 28.2. The molecular formula is C31H27FN2O5S. The van der Waals surface area contributed by atoms with Gasteiger partial charge in [0.2, 0.25) is 0 Å². The molecule has 5 rings (SSSR count). The van der Waals surface area contributed by atoms with Crippen molar-refractivity contribution in [3.63, 3.8) is 0 Å². The number of fused-ring (bicyclic) bond motifs is 2. The number of hydrogen-bond donors (Lipinski definition) is 1. The van der Waals surface area contributed by atoms with Crippen LogP contribution in [0.2, 0.25) is 0 Å². The van der Waals surface area contributed by atoms with E-state index in [1.165, 1.54) is 11.0 Å². The van der Waals surface area contributed by atoms with E-state index < -0.39 is 22.5 Å². The van der Waals surface area contributed by atoms with Gasteiger partial charge in [0, 0.05) is 17.7 Å². The Balaban J connectivity index is 1.43. The Morgan fingerprint density at radius 3 is 2.42 bits per heavy atom. The highest BCUT2D eigenvalue weighted by atomic mass is 32.2. The van der Waals surface area contributed by atoms with Crippen LogP contribution in [0.4, 0.5) is 10.1 Å². The number of nitrogens with zero attached hydrogens (tertiary/aromatic N) is 1. The Kier molecular flexibility index (Phi) is 7.93. The first-order valence-corrected chi connectivity index (χ1v) is 13.8. The van der Waals surface area contributed by atoms with Gasteiger partial charge in [0.15, 0.2) is 11.5 Å². The minimum atomic E-state index is -1.68. The van der Waals surface area contributed by atoms with Gasteiger partial charge in [-0.05, 0) is 60.5 Å². The van der Waals surface area contributed by atoms with Gasteiger partial charge in [-0.15, -0.1) is 0 Å². The summed E-state index contributed by atoms with van der Waals surface area (Å²) in [7, 11) is 1.45. The molecule has 0 unspecified atom stereocenters. The molecule has 0 fully saturated rings. The van der Waals surface area contributed by atoms with Crippen LogP contribution in [0.5, 0.6) is 11.5 Å². The van der Waals surface area contributed by atoms with Crippen molar-refractivity contribution in [2.45, 2.75) is 22.8 Å². The Morgan fingerprint density at radius 2 is 1.65 bits per heavy atom. The molecule has 1 aliphatic heterocycles. The largest absolute Gasteiger partial charge is 0.493 e. The van der Waals surface area contributed by atoms with Crippen molar-refractivity contribution in [2.75, 3.05) is 25.7 Å². The number of benzene rings is 4. The lowest BCUT2D eigenvalue weighted by Gasteiger charge is -2.24. The third-order valence-corrected chi connectivity index (χ3v) is 8.21. The molecule has 0 aromatic heterocycles. The minimum absolute atomic E-state index is 0.0889. The van der Waals surface area contributed by atoms with Gasteiger partial charge in [0.1, 0.15) is 5.82 Å². The van der Waals surface area contributed by atoms with Crippen molar-refractivity contribution < 1.29 is 27.7 Å². The zero-order valence-electron chi connectivity index (χ0n) is 22.0. The average Bonchev–Trinajstić information content (AvgIpc) is 3.07.